The monoisotopic (exact) mass is 624 g/mol. The Labute approximate surface area is 276 Å². The average molecular weight is 625 g/mol. The third-order valence-electron chi connectivity index (χ3n) is 8.81. The molecule has 7 nitrogen and oxygen atoms in total. The molecule has 238 valence electrons. The third kappa shape index (κ3) is 7.54. The Hall–Kier alpha value is -5.40. The summed E-state index contributed by atoms with van der Waals surface area (Å²) in [5.74, 6) is 0.128. The fraction of sp³-hybridized carbons (Fsp3) is 0.200. The molecule has 0 aliphatic carbocycles. The Balaban J connectivity index is 1.48. The summed E-state index contributed by atoms with van der Waals surface area (Å²) in [4.78, 5) is 19.3. The van der Waals surface area contributed by atoms with Crippen molar-refractivity contribution in [3.05, 3.63) is 161 Å². The van der Waals surface area contributed by atoms with Crippen molar-refractivity contribution in [2.45, 2.75) is 44.9 Å². The van der Waals surface area contributed by atoms with Crippen LogP contribution < -0.4 is 20.4 Å². The lowest BCUT2D eigenvalue weighted by Gasteiger charge is -2.41. The zero-order chi connectivity index (χ0) is 32.5. The average Bonchev–Trinajstić information content (AvgIpc) is 3.44. The molecule has 1 aliphatic rings. The van der Waals surface area contributed by atoms with Gasteiger partial charge in [-0.15, -0.1) is 0 Å². The number of carbonyl (C=O) groups excluding carboxylic acids is 1. The van der Waals surface area contributed by atoms with Gasteiger partial charge in [-0.3, -0.25) is 15.0 Å². The van der Waals surface area contributed by atoms with Gasteiger partial charge in [-0.1, -0.05) is 97.1 Å². The van der Waals surface area contributed by atoms with E-state index in [1.807, 2.05) is 48.7 Å². The molecule has 1 aliphatic heterocycles. The first-order valence-corrected chi connectivity index (χ1v) is 16.0. The maximum atomic E-state index is 12.0. The van der Waals surface area contributed by atoms with Crippen molar-refractivity contribution in [1.29, 1.82) is 0 Å². The zero-order valence-corrected chi connectivity index (χ0v) is 26.6. The van der Waals surface area contributed by atoms with E-state index in [0.717, 1.165) is 65.3 Å². The van der Waals surface area contributed by atoms with Crippen molar-refractivity contribution in [2.75, 3.05) is 16.8 Å². The van der Waals surface area contributed by atoms with Crippen LogP contribution in [-0.2, 0) is 30.7 Å². The number of hydroxylamine groups is 1. The molecule has 1 amide bonds. The van der Waals surface area contributed by atoms with Gasteiger partial charge in [-0.05, 0) is 78.3 Å². The Kier molecular flexibility index (Phi) is 9.94. The molecule has 0 radical (unpaired) electrons. The second-order valence-corrected chi connectivity index (χ2v) is 11.9. The van der Waals surface area contributed by atoms with Crippen LogP contribution in [0.1, 0.15) is 39.9 Å². The van der Waals surface area contributed by atoms with Gasteiger partial charge in [0.2, 0.25) is 0 Å². The number of carbonyl (C=O) groups is 1. The molecule has 4 aromatic carbocycles. The maximum Gasteiger partial charge on any atom is 0.267 e. The van der Waals surface area contributed by atoms with E-state index in [9.17, 15) is 4.79 Å². The molecule has 0 saturated heterocycles. The second-order valence-electron chi connectivity index (χ2n) is 11.9. The number of aromatic nitrogens is 1. The Bertz CT molecular complexity index is 1800. The fourth-order valence-corrected chi connectivity index (χ4v) is 6.35. The third-order valence-corrected chi connectivity index (χ3v) is 8.81. The second kappa shape index (κ2) is 14.8. The van der Waals surface area contributed by atoms with Crippen LogP contribution in [0.4, 0.5) is 11.4 Å². The van der Waals surface area contributed by atoms with E-state index in [-0.39, 0.29) is 0 Å². The normalized spacial score (nSPS) is 15.3. The number of amides is 1. The van der Waals surface area contributed by atoms with Crippen LogP contribution in [0, 0.1) is 6.92 Å². The number of benzene rings is 4. The van der Waals surface area contributed by atoms with E-state index >= 15 is 0 Å². The largest absolute Gasteiger partial charge is 0.487 e. The van der Waals surface area contributed by atoms with Crippen LogP contribution in [-0.4, -0.2) is 28.3 Å². The van der Waals surface area contributed by atoms with Gasteiger partial charge >= 0.3 is 0 Å². The molecular formula is C40H40N4O3. The molecule has 0 saturated carbocycles. The first-order chi connectivity index (χ1) is 23.0. The molecule has 1 aromatic heterocycles. The standard InChI is InChI=1S/C40H40N4O3/c1-30-34(20-21-37(45)43-46)27-36(47-29-33-17-9-4-10-18-33)39-38(30)42-40(28-35-19-11-12-25-41-35,24-22-31-13-5-2-6-14-31)44(39)26-23-32-15-7-3-8-16-32/h2-21,25,27,42,46H,22-24,26,28-29H2,1H3,(H,43,45). The summed E-state index contributed by atoms with van der Waals surface area (Å²) in [6, 6.07) is 39.4. The van der Waals surface area contributed by atoms with Crippen molar-refractivity contribution in [3.8, 4) is 5.75 Å². The van der Waals surface area contributed by atoms with Gasteiger partial charge in [0.15, 0.2) is 0 Å². The molecule has 2 heterocycles. The van der Waals surface area contributed by atoms with Gasteiger partial charge in [0, 0.05) is 30.9 Å². The van der Waals surface area contributed by atoms with Gasteiger partial charge in [-0.2, -0.15) is 0 Å². The van der Waals surface area contributed by atoms with Gasteiger partial charge in [0.25, 0.3) is 5.91 Å². The number of hydrogen-bond donors (Lipinski definition) is 3. The topological polar surface area (TPSA) is 86.7 Å². The number of hydrogen-bond acceptors (Lipinski definition) is 6. The Morgan fingerprint density at radius 1 is 0.894 bits per heavy atom. The minimum absolute atomic E-state index is 0.389. The molecule has 7 heteroatoms. The predicted molar refractivity (Wildman–Crippen MR) is 187 cm³/mol. The smallest absolute Gasteiger partial charge is 0.267 e. The van der Waals surface area contributed by atoms with Crippen LogP contribution in [0.25, 0.3) is 6.08 Å². The molecule has 6 rings (SSSR count). The van der Waals surface area contributed by atoms with Crippen molar-refractivity contribution in [1.82, 2.24) is 10.5 Å². The summed E-state index contributed by atoms with van der Waals surface area (Å²) < 4.78 is 6.67. The van der Waals surface area contributed by atoms with Crippen molar-refractivity contribution in [2.24, 2.45) is 0 Å². The summed E-state index contributed by atoms with van der Waals surface area (Å²) in [5, 5.41) is 13.2. The Morgan fingerprint density at radius 3 is 2.17 bits per heavy atom. The van der Waals surface area contributed by atoms with Crippen LogP contribution in [0.3, 0.4) is 0 Å². The molecule has 0 bridgehead atoms. The van der Waals surface area contributed by atoms with Crippen molar-refractivity contribution >= 4 is 23.4 Å². The van der Waals surface area contributed by atoms with Gasteiger partial charge in [-0.25, -0.2) is 5.48 Å². The quantitative estimate of drug-likeness (QED) is 0.0713. The summed E-state index contributed by atoms with van der Waals surface area (Å²) in [6.45, 7) is 3.20. The lowest BCUT2D eigenvalue weighted by Crippen LogP contribution is -2.54. The lowest BCUT2D eigenvalue weighted by molar-refractivity contribution is -0.124. The highest BCUT2D eigenvalue weighted by Crippen LogP contribution is 2.51. The van der Waals surface area contributed by atoms with Crippen molar-refractivity contribution in [3.63, 3.8) is 0 Å². The summed E-state index contributed by atoms with van der Waals surface area (Å²) in [6.07, 6.45) is 8.08. The first kappa shape index (κ1) is 31.6. The number of nitrogens with one attached hydrogen (secondary N) is 2. The first-order valence-electron chi connectivity index (χ1n) is 16.0. The number of rotatable bonds is 13. The summed E-state index contributed by atoms with van der Waals surface area (Å²) in [7, 11) is 0. The SMILES string of the molecule is Cc1c(C=CC(=O)NO)cc(OCc2ccccc2)c2c1NC(CCc1ccccc1)(Cc1ccccn1)N2CCc1ccccc1. The minimum Gasteiger partial charge on any atom is -0.487 e. The highest BCUT2D eigenvalue weighted by Gasteiger charge is 2.46. The van der Waals surface area contributed by atoms with E-state index in [4.69, 9.17) is 14.9 Å². The molecule has 0 spiro atoms. The molecule has 0 fully saturated rings. The van der Waals surface area contributed by atoms with E-state index < -0.39 is 11.6 Å². The van der Waals surface area contributed by atoms with Crippen LogP contribution >= 0.6 is 0 Å². The van der Waals surface area contributed by atoms with E-state index in [1.54, 1.807) is 11.6 Å². The van der Waals surface area contributed by atoms with Crippen LogP contribution in [0.5, 0.6) is 5.75 Å². The van der Waals surface area contributed by atoms with Gasteiger partial charge in [0.05, 0.1) is 5.69 Å². The molecule has 1 atom stereocenters. The zero-order valence-electron chi connectivity index (χ0n) is 26.6. The van der Waals surface area contributed by atoms with E-state index in [0.29, 0.717) is 13.0 Å². The van der Waals surface area contributed by atoms with E-state index in [2.05, 4.69) is 89.9 Å². The van der Waals surface area contributed by atoms with Gasteiger partial charge in [0.1, 0.15) is 23.7 Å². The number of ether oxygens (including phenoxy) is 1. The highest BCUT2D eigenvalue weighted by molar-refractivity contribution is 5.94. The van der Waals surface area contributed by atoms with Crippen LogP contribution in [0.2, 0.25) is 0 Å². The minimum atomic E-state index is -0.596. The fourth-order valence-electron chi connectivity index (χ4n) is 6.35. The number of pyridine rings is 1. The predicted octanol–water partition coefficient (Wildman–Crippen LogP) is 7.53. The lowest BCUT2D eigenvalue weighted by atomic mass is 9.93. The molecule has 5 aromatic rings. The maximum absolute atomic E-state index is 12.0. The van der Waals surface area contributed by atoms with Gasteiger partial charge < -0.3 is 15.0 Å². The summed E-state index contributed by atoms with van der Waals surface area (Å²) >= 11 is 0. The number of nitrogens with zero attached hydrogens (tertiary/aromatic N) is 2. The van der Waals surface area contributed by atoms with Crippen molar-refractivity contribution < 1.29 is 14.7 Å². The van der Waals surface area contributed by atoms with Crippen LogP contribution in [0.15, 0.2) is 128 Å². The molecule has 47 heavy (non-hydrogen) atoms. The van der Waals surface area contributed by atoms with E-state index in [1.165, 1.54) is 17.2 Å². The molecule has 1 unspecified atom stereocenters. The molecular weight excluding hydrogens is 584 g/mol. The highest BCUT2D eigenvalue weighted by atomic mass is 16.5. The number of aryl methyl sites for hydroxylation is 1. The Morgan fingerprint density at radius 2 is 1.53 bits per heavy atom. The molecule has 3 N–H and O–H groups in total. The number of anilines is 2. The summed E-state index contributed by atoms with van der Waals surface area (Å²) in [5.41, 5.74) is 9.53. The number of fused-ring (bicyclic) bond motifs is 1.